The first kappa shape index (κ1) is 8.71. The van der Waals surface area contributed by atoms with Gasteiger partial charge in [-0.05, 0) is 12.1 Å². The zero-order chi connectivity index (χ0) is 9.14. The van der Waals surface area contributed by atoms with E-state index in [0.717, 1.165) is 0 Å². The molecular weight excluding hydrogens is 152 g/mol. The number of hydrogen-bond acceptors (Lipinski definition) is 3. The zero-order valence-electron chi connectivity index (χ0n) is 7.24. The summed E-state index contributed by atoms with van der Waals surface area (Å²) in [5, 5.41) is 0. The number of anilines is 1. The molecule has 64 valence electrons. The molecule has 0 aliphatic rings. The Morgan fingerprint density at radius 3 is 2.75 bits per heavy atom. The number of nitrogens with two attached hydrogens (primary N) is 1. The van der Waals surface area contributed by atoms with E-state index in [9.17, 15) is 4.79 Å². The lowest BCUT2D eigenvalue weighted by molar-refractivity contribution is 0.0939. The average molecular weight is 164 g/mol. The number of pyridine rings is 1. The summed E-state index contributed by atoms with van der Waals surface area (Å²) in [5.41, 5.74) is 6.07. The van der Waals surface area contributed by atoms with Crippen molar-refractivity contribution in [3.05, 3.63) is 23.9 Å². The third-order valence-corrected chi connectivity index (χ3v) is 1.59. The van der Waals surface area contributed by atoms with Gasteiger partial charge >= 0.3 is 0 Å². The fraction of sp³-hybridized carbons (Fsp3) is 0.333. The molecule has 1 rings (SSSR count). The van der Waals surface area contributed by atoms with Crippen molar-refractivity contribution < 1.29 is 4.79 Å². The topological polar surface area (TPSA) is 56.0 Å². The van der Waals surface area contributed by atoms with Crippen molar-refractivity contribution in [2.75, 3.05) is 5.73 Å². The van der Waals surface area contributed by atoms with Crippen LogP contribution in [0.1, 0.15) is 24.2 Å². The van der Waals surface area contributed by atoms with Crippen LogP contribution in [-0.2, 0) is 0 Å². The molecule has 1 heterocycles. The van der Waals surface area contributed by atoms with Crippen LogP contribution in [0.25, 0.3) is 0 Å². The standard InChI is InChI=1S/C9H12N2O/c1-6(2)9(12)7-3-4-11-8(10)5-7/h3-6H,1-2H3,(H2,10,11). The molecule has 3 heteroatoms. The van der Waals surface area contributed by atoms with Crippen LogP contribution in [0.15, 0.2) is 18.3 Å². The second-order valence-corrected chi connectivity index (χ2v) is 2.99. The van der Waals surface area contributed by atoms with Crippen molar-refractivity contribution in [3.63, 3.8) is 0 Å². The maximum Gasteiger partial charge on any atom is 0.165 e. The highest BCUT2D eigenvalue weighted by Crippen LogP contribution is 2.09. The number of carbonyl (C=O) groups excluding carboxylic acids is 1. The zero-order valence-corrected chi connectivity index (χ0v) is 7.24. The van der Waals surface area contributed by atoms with E-state index in [4.69, 9.17) is 5.73 Å². The van der Waals surface area contributed by atoms with Crippen LogP contribution >= 0.6 is 0 Å². The molecule has 2 N–H and O–H groups in total. The number of ketones is 1. The van der Waals surface area contributed by atoms with Crippen molar-refractivity contribution in [2.24, 2.45) is 5.92 Å². The summed E-state index contributed by atoms with van der Waals surface area (Å²) in [4.78, 5) is 15.2. The van der Waals surface area contributed by atoms with Crippen molar-refractivity contribution in [1.82, 2.24) is 4.98 Å². The van der Waals surface area contributed by atoms with Gasteiger partial charge in [0.05, 0.1) is 0 Å². The summed E-state index contributed by atoms with van der Waals surface area (Å²) in [6.45, 7) is 3.72. The van der Waals surface area contributed by atoms with Gasteiger partial charge in [-0.2, -0.15) is 0 Å². The van der Waals surface area contributed by atoms with E-state index in [0.29, 0.717) is 11.4 Å². The Balaban J connectivity index is 2.96. The van der Waals surface area contributed by atoms with Gasteiger partial charge in [-0.1, -0.05) is 13.8 Å². The van der Waals surface area contributed by atoms with E-state index in [2.05, 4.69) is 4.98 Å². The molecule has 1 aromatic rings. The molecule has 0 atom stereocenters. The summed E-state index contributed by atoms with van der Waals surface area (Å²) in [5.74, 6) is 0.498. The average Bonchev–Trinajstić information content (AvgIpc) is 2.03. The molecule has 0 saturated heterocycles. The molecule has 0 fully saturated rings. The fourth-order valence-electron chi connectivity index (χ4n) is 0.935. The smallest absolute Gasteiger partial charge is 0.165 e. The first-order valence-electron chi connectivity index (χ1n) is 3.87. The third-order valence-electron chi connectivity index (χ3n) is 1.59. The highest BCUT2D eigenvalue weighted by atomic mass is 16.1. The summed E-state index contributed by atoms with van der Waals surface area (Å²) >= 11 is 0. The molecule has 3 nitrogen and oxygen atoms in total. The van der Waals surface area contributed by atoms with Crippen molar-refractivity contribution in [3.8, 4) is 0 Å². The Morgan fingerprint density at radius 1 is 1.58 bits per heavy atom. The minimum absolute atomic E-state index is 0.00630. The molecule has 0 bridgehead atoms. The number of Topliss-reactive ketones (excluding diaryl/α,β-unsaturated/α-hetero) is 1. The van der Waals surface area contributed by atoms with Gasteiger partial charge < -0.3 is 5.73 Å². The molecule has 0 radical (unpaired) electrons. The highest BCUT2D eigenvalue weighted by molar-refractivity contribution is 5.97. The summed E-state index contributed by atoms with van der Waals surface area (Å²) in [7, 11) is 0. The number of nitrogens with zero attached hydrogens (tertiary/aromatic N) is 1. The Hall–Kier alpha value is -1.38. The molecule has 0 saturated carbocycles. The normalized spacial score (nSPS) is 10.2. The Kier molecular flexibility index (Phi) is 2.43. The summed E-state index contributed by atoms with van der Waals surface area (Å²) in [6.07, 6.45) is 1.55. The predicted octanol–water partition coefficient (Wildman–Crippen LogP) is 1.50. The van der Waals surface area contributed by atoms with E-state index in [-0.39, 0.29) is 11.7 Å². The number of hydrogen-bond donors (Lipinski definition) is 1. The third kappa shape index (κ3) is 1.81. The van der Waals surface area contributed by atoms with Crippen LogP contribution < -0.4 is 5.73 Å². The first-order chi connectivity index (χ1) is 5.61. The van der Waals surface area contributed by atoms with Gasteiger partial charge in [0, 0.05) is 17.7 Å². The van der Waals surface area contributed by atoms with Crippen molar-refractivity contribution >= 4 is 11.6 Å². The lowest BCUT2D eigenvalue weighted by atomic mass is 10.0. The molecule has 0 aromatic carbocycles. The summed E-state index contributed by atoms with van der Waals surface area (Å²) in [6, 6.07) is 3.28. The largest absolute Gasteiger partial charge is 0.384 e. The maximum absolute atomic E-state index is 11.4. The van der Waals surface area contributed by atoms with Gasteiger partial charge in [0.15, 0.2) is 5.78 Å². The van der Waals surface area contributed by atoms with Gasteiger partial charge in [0.1, 0.15) is 5.82 Å². The van der Waals surface area contributed by atoms with E-state index >= 15 is 0 Å². The van der Waals surface area contributed by atoms with Gasteiger partial charge in [-0.3, -0.25) is 4.79 Å². The van der Waals surface area contributed by atoms with E-state index in [1.165, 1.54) is 0 Å². The lowest BCUT2D eigenvalue weighted by Crippen LogP contribution is -2.08. The van der Waals surface area contributed by atoms with Crippen LogP contribution in [0.5, 0.6) is 0 Å². The van der Waals surface area contributed by atoms with Crippen LogP contribution in [-0.4, -0.2) is 10.8 Å². The van der Waals surface area contributed by atoms with Crippen LogP contribution in [0.3, 0.4) is 0 Å². The first-order valence-corrected chi connectivity index (χ1v) is 3.87. The number of rotatable bonds is 2. The molecule has 0 amide bonds. The van der Waals surface area contributed by atoms with Crippen molar-refractivity contribution in [2.45, 2.75) is 13.8 Å². The Labute approximate surface area is 71.6 Å². The maximum atomic E-state index is 11.4. The molecule has 0 unspecified atom stereocenters. The second kappa shape index (κ2) is 3.34. The molecule has 0 aliphatic heterocycles. The summed E-state index contributed by atoms with van der Waals surface area (Å²) < 4.78 is 0. The number of aromatic nitrogens is 1. The Morgan fingerprint density at radius 2 is 2.25 bits per heavy atom. The molecule has 0 aliphatic carbocycles. The van der Waals surface area contributed by atoms with Crippen LogP contribution in [0, 0.1) is 5.92 Å². The van der Waals surface area contributed by atoms with Crippen LogP contribution in [0.2, 0.25) is 0 Å². The fourth-order valence-corrected chi connectivity index (χ4v) is 0.935. The van der Waals surface area contributed by atoms with Gasteiger partial charge in [-0.15, -0.1) is 0 Å². The number of carbonyl (C=O) groups is 1. The molecule has 1 aromatic heterocycles. The van der Waals surface area contributed by atoms with Gasteiger partial charge in [0.25, 0.3) is 0 Å². The highest BCUT2D eigenvalue weighted by Gasteiger charge is 2.09. The molecule has 0 spiro atoms. The molecule has 12 heavy (non-hydrogen) atoms. The second-order valence-electron chi connectivity index (χ2n) is 2.99. The van der Waals surface area contributed by atoms with E-state index in [1.54, 1.807) is 18.3 Å². The van der Waals surface area contributed by atoms with Gasteiger partial charge in [0.2, 0.25) is 0 Å². The number of nitrogen functional groups attached to an aromatic ring is 1. The predicted molar refractivity (Wildman–Crippen MR) is 47.8 cm³/mol. The van der Waals surface area contributed by atoms with Crippen LogP contribution in [0.4, 0.5) is 5.82 Å². The van der Waals surface area contributed by atoms with Crippen molar-refractivity contribution in [1.29, 1.82) is 0 Å². The lowest BCUT2D eigenvalue weighted by Gasteiger charge is -2.03. The van der Waals surface area contributed by atoms with E-state index in [1.807, 2.05) is 13.8 Å². The quantitative estimate of drug-likeness (QED) is 0.674. The minimum Gasteiger partial charge on any atom is -0.384 e. The molecular formula is C9H12N2O. The monoisotopic (exact) mass is 164 g/mol. The van der Waals surface area contributed by atoms with E-state index < -0.39 is 0 Å². The SMILES string of the molecule is CC(C)C(=O)c1ccnc(N)c1. The minimum atomic E-state index is 0.00630. The van der Waals surface area contributed by atoms with Gasteiger partial charge in [-0.25, -0.2) is 4.98 Å². The Bertz CT molecular complexity index is 294.